The molecule has 202 valence electrons. The topological polar surface area (TPSA) is 113 Å². The van der Waals surface area contributed by atoms with Gasteiger partial charge in [-0.1, -0.05) is 41.9 Å². The van der Waals surface area contributed by atoms with Crippen LogP contribution in [0.25, 0.3) is 21.8 Å². The van der Waals surface area contributed by atoms with E-state index in [4.69, 9.17) is 21.1 Å². The summed E-state index contributed by atoms with van der Waals surface area (Å²) >= 11 is 6.67. The van der Waals surface area contributed by atoms with Crippen LogP contribution in [0.15, 0.2) is 66.9 Å². The predicted octanol–water partition coefficient (Wildman–Crippen LogP) is 6.11. The summed E-state index contributed by atoms with van der Waals surface area (Å²) in [6.07, 6.45) is 1.60. The third-order valence-corrected chi connectivity index (χ3v) is 7.72. The van der Waals surface area contributed by atoms with Crippen LogP contribution in [0, 0.1) is 5.92 Å². The molecule has 0 bridgehead atoms. The molecule has 1 aliphatic heterocycles. The lowest BCUT2D eigenvalue weighted by atomic mass is 9.75. The molecule has 3 aromatic carbocycles. The van der Waals surface area contributed by atoms with Crippen molar-refractivity contribution in [3.05, 3.63) is 94.3 Å². The lowest BCUT2D eigenvalue weighted by molar-refractivity contribution is -0.148. The number of fused-ring (bicyclic) bond motifs is 4. The third-order valence-electron chi connectivity index (χ3n) is 7.42. The number of benzene rings is 3. The monoisotopic (exact) mass is 555 g/mol. The first-order valence-corrected chi connectivity index (χ1v) is 13.3. The van der Waals surface area contributed by atoms with E-state index in [0.29, 0.717) is 49.7 Å². The van der Waals surface area contributed by atoms with Crippen LogP contribution >= 0.6 is 11.6 Å². The van der Waals surface area contributed by atoms with Gasteiger partial charge in [-0.2, -0.15) is 0 Å². The maximum absolute atomic E-state index is 14.1. The molecule has 0 radical (unpaired) electrons. The summed E-state index contributed by atoms with van der Waals surface area (Å²) in [6.45, 7) is 2.10. The van der Waals surface area contributed by atoms with Crippen LogP contribution in [0.2, 0.25) is 5.02 Å². The lowest BCUT2D eigenvalue weighted by Gasteiger charge is -2.33. The minimum Gasteiger partial charge on any atom is -0.497 e. The second-order valence-corrected chi connectivity index (χ2v) is 10.1. The summed E-state index contributed by atoms with van der Waals surface area (Å²) in [5, 5.41) is 4.98. The van der Waals surface area contributed by atoms with Crippen LogP contribution in [-0.4, -0.2) is 47.8 Å². The maximum Gasteiger partial charge on any atom is 0.311 e. The van der Waals surface area contributed by atoms with E-state index < -0.39 is 17.8 Å². The zero-order valence-electron chi connectivity index (χ0n) is 21.8. The number of hydrogen-bond acceptors (Lipinski definition) is 6. The van der Waals surface area contributed by atoms with Crippen molar-refractivity contribution >= 4 is 56.6 Å². The quantitative estimate of drug-likeness (QED) is 0.165. The molecule has 0 saturated carbocycles. The van der Waals surface area contributed by atoms with Gasteiger partial charge in [0.1, 0.15) is 5.75 Å². The Morgan fingerprint density at radius 1 is 1.05 bits per heavy atom. The molecule has 2 aromatic heterocycles. The molecule has 0 saturated heterocycles. The van der Waals surface area contributed by atoms with E-state index >= 15 is 0 Å². The number of aromatic nitrogens is 2. The van der Waals surface area contributed by atoms with E-state index in [1.54, 1.807) is 56.6 Å². The number of carbonyl (C=O) groups is 3. The van der Waals surface area contributed by atoms with Gasteiger partial charge in [-0.3, -0.25) is 14.4 Å². The summed E-state index contributed by atoms with van der Waals surface area (Å²) in [6, 6.07) is 17.8. The fourth-order valence-corrected chi connectivity index (χ4v) is 5.82. The molecule has 0 spiro atoms. The molecule has 2 unspecified atom stereocenters. The summed E-state index contributed by atoms with van der Waals surface area (Å²) in [5.74, 6) is -2.02. The SMILES string of the molecule is CCOC(=O)C1CNc2cc(Cl)c3[nH]cc(C(=O)c4cc5cc(OC)ccc5[nH]4)c3c2C1C(=O)c1ccccc1. The number of halogens is 1. The zero-order valence-corrected chi connectivity index (χ0v) is 22.6. The van der Waals surface area contributed by atoms with Gasteiger partial charge in [0.05, 0.1) is 41.8 Å². The molecule has 8 nitrogen and oxygen atoms in total. The highest BCUT2D eigenvalue weighted by Gasteiger charge is 2.42. The number of Topliss-reactive ketones (excluding diaryl/α,β-unsaturated/α-hetero) is 1. The van der Waals surface area contributed by atoms with E-state index in [2.05, 4.69) is 15.3 Å². The molecule has 0 aliphatic carbocycles. The lowest BCUT2D eigenvalue weighted by Crippen LogP contribution is -2.39. The van der Waals surface area contributed by atoms with Gasteiger partial charge in [0.15, 0.2) is 5.78 Å². The van der Waals surface area contributed by atoms with Crippen molar-refractivity contribution in [1.29, 1.82) is 0 Å². The van der Waals surface area contributed by atoms with Crippen LogP contribution in [-0.2, 0) is 9.53 Å². The van der Waals surface area contributed by atoms with Gasteiger partial charge < -0.3 is 24.8 Å². The summed E-state index contributed by atoms with van der Waals surface area (Å²) < 4.78 is 10.7. The van der Waals surface area contributed by atoms with Crippen molar-refractivity contribution in [2.24, 2.45) is 5.92 Å². The van der Waals surface area contributed by atoms with E-state index in [-0.39, 0.29) is 24.7 Å². The van der Waals surface area contributed by atoms with E-state index in [0.717, 1.165) is 10.9 Å². The number of nitrogens with one attached hydrogen (secondary N) is 3. The number of ketones is 2. The molecule has 2 atom stereocenters. The Balaban J connectivity index is 1.55. The number of rotatable bonds is 7. The molecule has 5 aromatic rings. The molecular formula is C31H26ClN3O5. The van der Waals surface area contributed by atoms with Crippen molar-refractivity contribution in [2.75, 3.05) is 25.6 Å². The van der Waals surface area contributed by atoms with Crippen molar-refractivity contribution in [2.45, 2.75) is 12.8 Å². The van der Waals surface area contributed by atoms with Gasteiger partial charge in [0.2, 0.25) is 5.78 Å². The number of aromatic amines is 2. The van der Waals surface area contributed by atoms with Crippen molar-refractivity contribution in [1.82, 2.24) is 9.97 Å². The van der Waals surface area contributed by atoms with Gasteiger partial charge >= 0.3 is 5.97 Å². The van der Waals surface area contributed by atoms with Crippen molar-refractivity contribution in [3.8, 4) is 5.75 Å². The van der Waals surface area contributed by atoms with Gasteiger partial charge in [-0.05, 0) is 42.8 Å². The van der Waals surface area contributed by atoms with Crippen molar-refractivity contribution in [3.63, 3.8) is 0 Å². The van der Waals surface area contributed by atoms with E-state index in [1.807, 2.05) is 24.3 Å². The van der Waals surface area contributed by atoms with Gasteiger partial charge in [0, 0.05) is 45.8 Å². The van der Waals surface area contributed by atoms with Crippen LogP contribution in [0.5, 0.6) is 5.75 Å². The Kier molecular flexibility index (Phi) is 6.56. The Morgan fingerprint density at radius 2 is 1.85 bits per heavy atom. The molecule has 9 heteroatoms. The predicted molar refractivity (Wildman–Crippen MR) is 154 cm³/mol. The van der Waals surface area contributed by atoms with E-state index in [1.165, 1.54) is 0 Å². The zero-order chi connectivity index (χ0) is 28.0. The normalized spacial score (nSPS) is 16.4. The first-order valence-electron chi connectivity index (χ1n) is 13.0. The summed E-state index contributed by atoms with van der Waals surface area (Å²) in [7, 11) is 1.59. The summed E-state index contributed by atoms with van der Waals surface area (Å²) in [5.41, 5.74) is 3.61. The standard InChI is InChI=1S/C31H26ClN3O5/c1-3-40-31(38)20-15-33-23-13-21(32)28-25(27(23)26(20)29(36)16-7-5-4-6-8-16)19(14-34-28)30(37)24-12-17-11-18(39-2)9-10-22(17)35-24/h4-14,20,26,33-35H,3,15H2,1-2H3. The number of methoxy groups -OCH3 is 1. The minimum atomic E-state index is -0.896. The Labute approximate surface area is 234 Å². The number of anilines is 1. The smallest absolute Gasteiger partial charge is 0.311 e. The fourth-order valence-electron chi connectivity index (χ4n) is 5.56. The molecule has 3 N–H and O–H groups in total. The maximum atomic E-state index is 14.1. The molecule has 0 fully saturated rings. The minimum absolute atomic E-state index is 0.184. The molecule has 6 rings (SSSR count). The fraction of sp³-hybridized carbons (Fsp3) is 0.194. The van der Waals surface area contributed by atoms with Gasteiger partial charge in [-0.25, -0.2) is 0 Å². The van der Waals surface area contributed by atoms with Gasteiger partial charge in [-0.15, -0.1) is 0 Å². The number of carbonyl (C=O) groups excluding carboxylic acids is 3. The Bertz CT molecular complexity index is 1790. The molecule has 0 amide bonds. The highest BCUT2D eigenvalue weighted by Crippen LogP contribution is 2.46. The first kappa shape index (κ1) is 25.7. The van der Waals surface area contributed by atoms with E-state index in [9.17, 15) is 14.4 Å². The highest BCUT2D eigenvalue weighted by molar-refractivity contribution is 6.37. The highest BCUT2D eigenvalue weighted by atomic mass is 35.5. The molecule has 3 heterocycles. The third kappa shape index (κ3) is 4.21. The van der Waals surface area contributed by atoms with Crippen molar-refractivity contribution < 1.29 is 23.9 Å². The molecule has 1 aliphatic rings. The van der Waals surface area contributed by atoms with Crippen LogP contribution in [0.3, 0.4) is 0 Å². The number of hydrogen-bond donors (Lipinski definition) is 3. The summed E-state index contributed by atoms with van der Waals surface area (Å²) in [4.78, 5) is 47.5. The van der Waals surface area contributed by atoms with Crippen LogP contribution in [0.1, 0.15) is 44.8 Å². The number of esters is 1. The number of ether oxygens (including phenoxy) is 2. The van der Waals surface area contributed by atoms with Gasteiger partial charge in [0.25, 0.3) is 0 Å². The first-order chi connectivity index (χ1) is 19.4. The molecule has 40 heavy (non-hydrogen) atoms. The number of H-pyrrole nitrogens is 2. The Hall–Kier alpha value is -4.56. The average Bonchev–Trinajstić information content (AvgIpc) is 3.61. The van der Waals surface area contributed by atoms with Crippen LogP contribution in [0.4, 0.5) is 5.69 Å². The molecular weight excluding hydrogens is 530 g/mol. The largest absolute Gasteiger partial charge is 0.497 e. The average molecular weight is 556 g/mol. The van der Waals surface area contributed by atoms with Crippen LogP contribution < -0.4 is 10.1 Å². The Morgan fingerprint density at radius 3 is 2.60 bits per heavy atom. The second kappa shape index (κ2) is 10.2. The second-order valence-electron chi connectivity index (χ2n) is 9.68.